The number of carbonyl (C=O) groups is 1. The van der Waals surface area contributed by atoms with Gasteiger partial charge in [0, 0.05) is 12.6 Å². The Kier molecular flexibility index (Phi) is 7.73. The highest BCUT2D eigenvalue weighted by Crippen LogP contribution is 2.38. The molecule has 0 bridgehead atoms. The molecule has 1 saturated heterocycles. The number of amides is 1. The summed E-state index contributed by atoms with van der Waals surface area (Å²) in [7, 11) is 1.52. The zero-order valence-corrected chi connectivity index (χ0v) is 19.5. The Morgan fingerprint density at radius 2 is 1.74 bits per heavy atom. The van der Waals surface area contributed by atoms with Crippen LogP contribution in [0.15, 0.2) is 46.3 Å². The van der Waals surface area contributed by atoms with E-state index in [-0.39, 0.29) is 28.9 Å². The van der Waals surface area contributed by atoms with Gasteiger partial charge in [-0.15, -0.1) is 0 Å². The normalized spacial score (nSPS) is 16.8. The molecule has 1 N–H and O–H groups in total. The number of hydrogen-bond donors (Lipinski definition) is 1. The quantitative estimate of drug-likeness (QED) is 0.422. The first-order valence-corrected chi connectivity index (χ1v) is 11.0. The molecule has 3 rings (SSSR count). The predicted octanol–water partition coefficient (Wildman–Crippen LogP) is 6.92. The van der Waals surface area contributed by atoms with E-state index in [1.165, 1.54) is 13.1 Å². The molecule has 0 unspecified atom stereocenters. The molecule has 1 fully saturated rings. The van der Waals surface area contributed by atoms with E-state index >= 15 is 0 Å². The molecule has 188 valence electrons. The highest BCUT2D eigenvalue weighted by Gasteiger charge is 2.38. The van der Waals surface area contributed by atoms with E-state index in [4.69, 9.17) is 9.47 Å². The number of thioether (sulfide) groups is 1. The van der Waals surface area contributed by atoms with Crippen molar-refractivity contribution in [1.82, 2.24) is 5.32 Å². The van der Waals surface area contributed by atoms with Gasteiger partial charge in [-0.2, -0.15) is 26.3 Å². The highest BCUT2D eigenvalue weighted by molar-refractivity contribution is 8.18. The molecule has 1 amide bonds. The van der Waals surface area contributed by atoms with Crippen molar-refractivity contribution in [2.75, 3.05) is 7.05 Å². The molecule has 0 radical (unpaired) electrons. The second-order valence-corrected chi connectivity index (χ2v) is 8.64. The van der Waals surface area contributed by atoms with E-state index in [0.717, 1.165) is 17.8 Å². The lowest BCUT2D eigenvalue weighted by molar-refractivity contribution is -0.143. The Labute approximate surface area is 201 Å². The van der Waals surface area contributed by atoms with E-state index < -0.39 is 35.6 Å². The molecule has 2 aromatic carbocycles. The van der Waals surface area contributed by atoms with Crippen molar-refractivity contribution in [3.8, 4) is 11.5 Å². The molecular formula is C23H20F6N2O3S. The van der Waals surface area contributed by atoms with Crippen LogP contribution in [0.3, 0.4) is 0 Å². The van der Waals surface area contributed by atoms with Gasteiger partial charge in [-0.1, -0.05) is 12.1 Å². The molecule has 1 aliphatic heterocycles. The maximum atomic E-state index is 13.4. The number of alkyl halides is 6. The van der Waals surface area contributed by atoms with Crippen LogP contribution in [-0.4, -0.2) is 24.2 Å². The molecule has 0 aliphatic carbocycles. The van der Waals surface area contributed by atoms with Crippen LogP contribution in [0.1, 0.15) is 36.1 Å². The highest BCUT2D eigenvalue weighted by atomic mass is 32.2. The van der Waals surface area contributed by atoms with Crippen LogP contribution in [-0.2, 0) is 19.0 Å². The molecule has 0 aromatic heterocycles. The number of nitrogens with zero attached hydrogens (tertiary/aromatic N) is 1. The van der Waals surface area contributed by atoms with Crippen molar-refractivity contribution >= 4 is 28.9 Å². The van der Waals surface area contributed by atoms with Crippen LogP contribution >= 0.6 is 11.8 Å². The number of ether oxygens (including phenoxy) is 2. The van der Waals surface area contributed by atoms with Gasteiger partial charge in [0.2, 0.25) is 0 Å². The number of amidine groups is 1. The maximum Gasteiger partial charge on any atom is 0.416 e. The summed E-state index contributed by atoms with van der Waals surface area (Å²) in [5, 5.41) is 2.30. The second-order valence-electron chi connectivity index (χ2n) is 7.62. The zero-order chi connectivity index (χ0) is 26.0. The smallest absolute Gasteiger partial charge is 0.416 e. The maximum absolute atomic E-state index is 13.4. The fourth-order valence-electron chi connectivity index (χ4n) is 3.13. The number of nitrogens with one attached hydrogen (secondary N) is 1. The fourth-order valence-corrected chi connectivity index (χ4v) is 3.91. The molecule has 1 aliphatic rings. The summed E-state index contributed by atoms with van der Waals surface area (Å²) in [6.07, 6.45) is -8.55. The van der Waals surface area contributed by atoms with Gasteiger partial charge in [-0.25, -0.2) is 0 Å². The molecule has 0 spiro atoms. The number of halogens is 6. The van der Waals surface area contributed by atoms with E-state index in [0.29, 0.717) is 22.4 Å². The average molecular weight is 518 g/mol. The lowest BCUT2D eigenvalue weighted by Gasteiger charge is -2.18. The van der Waals surface area contributed by atoms with Crippen LogP contribution in [0.4, 0.5) is 31.1 Å². The Balaban J connectivity index is 1.91. The van der Waals surface area contributed by atoms with E-state index in [9.17, 15) is 31.1 Å². The van der Waals surface area contributed by atoms with Gasteiger partial charge in [0.15, 0.2) is 11.5 Å². The lowest BCUT2D eigenvalue weighted by Crippen LogP contribution is -2.18. The van der Waals surface area contributed by atoms with Gasteiger partial charge in [0.1, 0.15) is 12.4 Å². The van der Waals surface area contributed by atoms with E-state index in [1.54, 1.807) is 32.1 Å². The number of rotatable bonds is 6. The molecule has 2 aromatic rings. The SMILES string of the molecule is CN=C1NC(=O)S/C1=C\c1ccc(OCc2ccc(C(F)(F)F)cc2C(F)(F)F)c(OC(C)C)c1. The summed E-state index contributed by atoms with van der Waals surface area (Å²) in [5.41, 5.74) is -2.68. The van der Waals surface area contributed by atoms with Crippen molar-refractivity contribution in [1.29, 1.82) is 0 Å². The first kappa shape index (κ1) is 26.5. The monoisotopic (exact) mass is 518 g/mol. The van der Waals surface area contributed by atoms with Crippen molar-refractivity contribution in [3.63, 3.8) is 0 Å². The molecule has 35 heavy (non-hydrogen) atoms. The zero-order valence-electron chi connectivity index (χ0n) is 18.7. The van der Waals surface area contributed by atoms with Crippen LogP contribution < -0.4 is 14.8 Å². The summed E-state index contributed by atoms with van der Waals surface area (Å²) in [6.45, 7) is 2.84. The van der Waals surface area contributed by atoms with Crippen LogP contribution in [0.2, 0.25) is 0 Å². The molecule has 1 heterocycles. The van der Waals surface area contributed by atoms with Crippen molar-refractivity contribution in [3.05, 3.63) is 63.6 Å². The summed E-state index contributed by atoms with van der Waals surface area (Å²) < 4.78 is 90.3. The van der Waals surface area contributed by atoms with Crippen molar-refractivity contribution in [2.45, 2.75) is 38.9 Å². The minimum atomic E-state index is -5.00. The van der Waals surface area contributed by atoms with Crippen LogP contribution in [0.25, 0.3) is 6.08 Å². The third-order valence-corrected chi connectivity index (χ3v) is 5.45. The van der Waals surface area contributed by atoms with Gasteiger partial charge in [0.25, 0.3) is 5.24 Å². The summed E-state index contributed by atoms with van der Waals surface area (Å²) in [4.78, 5) is 16.2. The Bertz CT molecular complexity index is 1170. The third-order valence-electron chi connectivity index (χ3n) is 4.63. The second kappa shape index (κ2) is 10.2. The molecule has 12 heteroatoms. The first-order valence-electron chi connectivity index (χ1n) is 10.2. The van der Waals surface area contributed by atoms with Crippen LogP contribution in [0.5, 0.6) is 11.5 Å². The molecule has 5 nitrogen and oxygen atoms in total. The lowest BCUT2D eigenvalue weighted by atomic mass is 10.0. The number of aliphatic imine (C=N–C) groups is 1. The average Bonchev–Trinajstić information content (AvgIpc) is 3.10. The standard InChI is InChI=1S/C23H20F6N2O3S/c1-12(2)34-18-8-13(9-19-20(30-3)31-21(32)35-19)4-7-17(18)33-11-14-5-6-15(22(24,25)26)10-16(14)23(27,28)29/h4-10,12H,11H2,1-3H3,(H,30,31,32)/b19-9-. The molecule has 0 saturated carbocycles. The van der Waals surface area contributed by atoms with Crippen molar-refractivity contribution < 1.29 is 40.6 Å². The summed E-state index contributed by atoms with van der Waals surface area (Å²) in [6, 6.07) is 6.05. The minimum absolute atomic E-state index is 0.0704. The number of carbonyl (C=O) groups excluding carboxylic acids is 1. The number of hydrogen-bond acceptors (Lipinski definition) is 5. The van der Waals surface area contributed by atoms with Crippen LogP contribution in [0, 0.1) is 0 Å². The summed E-state index contributed by atoms with van der Waals surface area (Å²) in [5.74, 6) is 0.715. The molecule has 0 atom stereocenters. The first-order chi connectivity index (χ1) is 16.3. The Hall–Kier alpha value is -3.15. The fraction of sp³-hybridized carbons (Fsp3) is 0.304. The topological polar surface area (TPSA) is 59.9 Å². The van der Waals surface area contributed by atoms with Gasteiger partial charge in [-0.3, -0.25) is 9.79 Å². The Morgan fingerprint density at radius 3 is 2.34 bits per heavy atom. The summed E-state index contributed by atoms with van der Waals surface area (Å²) >= 11 is 0.953. The van der Waals surface area contributed by atoms with E-state index in [1.807, 2.05) is 0 Å². The van der Waals surface area contributed by atoms with Gasteiger partial charge in [-0.05, 0) is 61.5 Å². The third kappa shape index (κ3) is 6.71. The number of benzene rings is 2. The van der Waals surface area contributed by atoms with Crippen molar-refractivity contribution in [2.24, 2.45) is 4.99 Å². The minimum Gasteiger partial charge on any atom is -0.487 e. The van der Waals surface area contributed by atoms with Gasteiger partial charge < -0.3 is 14.8 Å². The molecular weight excluding hydrogens is 498 g/mol. The predicted molar refractivity (Wildman–Crippen MR) is 120 cm³/mol. The Morgan fingerprint density at radius 1 is 1.03 bits per heavy atom. The van der Waals surface area contributed by atoms with Gasteiger partial charge >= 0.3 is 12.4 Å². The largest absolute Gasteiger partial charge is 0.487 e. The van der Waals surface area contributed by atoms with E-state index in [2.05, 4.69) is 10.3 Å². The van der Waals surface area contributed by atoms with Gasteiger partial charge in [0.05, 0.1) is 22.1 Å².